The summed E-state index contributed by atoms with van der Waals surface area (Å²) in [5.74, 6) is -0.0166. The molecule has 0 radical (unpaired) electrons. The first-order chi connectivity index (χ1) is 10.1. The van der Waals surface area contributed by atoms with E-state index in [2.05, 4.69) is 22.3 Å². The van der Waals surface area contributed by atoms with Gasteiger partial charge in [0.05, 0.1) is 6.54 Å². The van der Waals surface area contributed by atoms with Crippen LogP contribution in [0.15, 0.2) is 42.5 Å². The molecular formula is C17H17ClN2O. The lowest BCUT2D eigenvalue weighted by molar-refractivity contribution is -0.115. The standard InChI is InChI=1S/C17H17ClN2O/c1-12-6-7-14(18)10-15(12)19-17(21)11-20-9-8-13-4-2-3-5-16(13)20/h2-7,10H,8-9,11H2,1H3,(H,19,21). The second kappa shape index (κ2) is 5.78. The molecule has 3 rings (SSSR count). The number of carbonyl (C=O) groups excluding carboxylic acids is 1. The third kappa shape index (κ3) is 3.03. The third-order valence-corrected chi connectivity index (χ3v) is 4.03. The molecule has 108 valence electrons. The number of fused-ring (bicyclic) bond motifs is 1. The Morgan fingerprint density at radius 1 is 1.29 bits per heavy atom. The Bertz CT molecular complexity index is 684. The van der Waals surface area contributed by atoms with Gasteiger partial charge in [0.1, 0.15) is 0 Å². The van der Waals surface area contributed by atoms with Gasteiger partial charge in [0, 0.05) is 22.9 Å². The number of anilines is 2. The minimum atomic E-state index is -0.0166. The monoisotopic (exact) mass is 300 g/mol. The Balaban J connectivity index is 1.69. The van der Waals surface area contributed by atoms with E-state index in [9.17, 15) is 4.79 Å². The number of rotatable bonds is 3. The highest BCUT2D eigenvalue weighted by atomic mass is 35.5. The summed E-state index contributed by atoms with van der Waals surface area (Å²) in [6, 6.07) is 13.8. The number of nitrogens with zero attached hydrogens (tertiary/aromatic N) is 1. The molecule has 1 heterocycles. The van der Waals surface area contributed by atoms with Gasteiger partial charge in [-0.1, -0.05) is 35.9 Å². The molecule has 0 saturated heterocycles. The lowest BCUT2D eigenvalue weighted by Crippen LogP contribution is -2.32. The molecule has 1 aliphatic heterocycles. The number of hydrogen-bond acceptors (Lipinski definition) is 2. The fourth-order valence-corrected chi connectivity index (χ4v) is 2.83. The van der Waals surface area contributed by atoms with E-state index in [1.165, 1.54) is 5.56 Å². The van der Waals surface area contributed by atoms with Crippen molar-refractivity contribution in [1.82, 2.24) is 0 Å². The van der Waals surface area contributed by atoms with Crippen LogP contribution in [0.3, 0.4) is 0 Å². The molecule has 2 aromatic carbocycles. The average Bonchev–Trinajstić information content (AvgIpc) is 2.86. The summed E-state index contributed by atoms with van der Waals surface area (Å²) in [6.07, 6.45) is 1.000. The van der Waals surface area contributed by atoms with Crippen molar-refractivity contribution in [2.45, 2.75) is 13.3 Å². The SMILES string of the molecule is Cc1ccc(Cl)cc1NC(=O)CN1CCc2ccccc21. The summed E-state index contributed by atoms with van der Waals surface area (Å²) in [6.45, 7) is 3.21. The maximum atomic E-state index is 12.2. The third-order valence-electron chi connectivity index (χ3n) is 3.79. The molecule has 0 bridgehead atoms. The quantitative estimate of drug-likeness (QED) is 0.938. The number of benzene rings is 2. The van der Waals surface area contributed by atoms with Crippen LogP contribution in [0.2, 0.25) is 5.02 Å². The van der Waals surface area contributed by atoms with Crippen LogP contribution in [0, 0.1) is 6.92 Å². The van der Waals surface area contributed by atoms with Gasteiger partial charge in [-0.3, -0.25) is 4.79 Å². The number of carbonyl (C=O) groups is 1. The molecule has 1 amide bonds. The van der Waals surface area contributed by atoms with E-state index in [1.807, 2.05) is 31.2 Å². The van der Waals surface area contributed by atoms with E-state index in [0.717, 1.165) is 29.9 Å². The highest BCUT2D eigenvalue weighted by Crippen LogP contribution is 2.27. The van der Waals surface area contributed by atoms with Gasteiger partial charge in [0.25, 0.3) is 0 Å². The number of para-hydroxylation sites is 1. The average molecular weight is 301 g/mol. The van der Waals surface area contributed by atoms with Crippen molar-refractivity contribution in [1.29, 1.82) is 0 Å². The molecule has 0 aliphatic carbocycles. The van der Waals surface area contributed by atoms with Crippen LogP contribution >= 0.6 is 11.6 Å². The Labute approximate surface area is 129 Å². The van der Waals surface area contributed by atoms with Gasteiger partial charge in [-0.25, -0.2) is 0 Å². The zero-order valence-corrected chi connectivity index (χ0v) is 12.7. The minimum absolute atomic E-state index is 0.0166. The number of amides is 1. The maximum Gasteiger partial charge on any atom is 0.243 e. The number of halogens is 1. The zero-order chi connectivity index (χ0) is 14.8. The topological polar surface area (TPSA) is 32.3 Å². The van der Waals surface area contributed by atoms with Gasteiger partial charge in [-0.15, -0.1) is 0 Å². The molecule has 4 heteroatoms. The molecule has 0 spiro atoms. The minimum Gasteiger partial charge on any atom is -0.362 e. The molecule has 21 heavy (non-hydrogen) atoms. The van der Waals surface area contributed by atoms with Crippen LogP contribution in [0.5, 0.6) is 0 Å². The van der Waals surface area contributed by atoms with Crippen LogP contribution in [-0.2, 0) is 11.2 Å². The zero-order valence-electron chi connectivity index (χ0n) is 11.9. The van der Waals surface area contributed by atoms with Crippen molar-refractivity contribution in [3.8, 4) is 0 Å². The smallest absolute Gasteiger partial charge is 0.243 e. The van der Waals surface area contributed by atoms with Crippen molar-refractivity contribution in [3.63, 3.8) is 0 Å². The van der Waals surface area contributed by atoms with Gasteiger partial charge in [-0.2, -0.15) is 0 Å². The Morgan fingerprint density at radius 3 is 2.95 bits per heavy atom. The highest BCUT2D eigenvalue weighted by molar-refractivity contribution is 6.31. The summed E-state index contributed by atoms with van der Waals surface area (Å²) in [5, 5.41) is 3.57. The predicted molar refractivity (Wildman–Crippen MR) is 87.2 cm³/mol. The van der Waals surface area contributed by atoms with Crippen LogP contribution < -0.4 is 10.2 Å². The van der Waals surface area contributed by atoms with E-state index < -0.39 is 0 Å². The van der Waals surface area contributed by atoms with Crippen LogP contribution in [-0.4, -0.2) is 19.0 Å². The first-order valence-electron chi connectivity index (χ1n) is 7.02. The highest BCUT2D eigenvalue weighted by Gasteiger charge is 2.20. The summed E-state index contributed by atoms with van der Waals surface area (Å²) >= 11 is 5.98. The van der Waals surface area contributed by atoms with Gasteiger partial charge < -0.3 is 10.2 Å². The summed E-state index contributed by atoms with van der Waals surface area (Å²) in [4.78, 5) is 14.4. The largest absolute Gasteiger partial charge is 0.362 e. The van der Waals surface area contributed by atoms with E-state index >= 15 is 0 Å². The molecule has 0 aromatic heterocycles. The first-order valence-corrected chi connectivity index (χ1v) is 7.40. The van der Waals surface area contributed by atoms with Crippen molar-refractivity contribution in [2.24, 2.45) is 0 Å². The second-order valence-corrected chi connectivity index (χ2v) is 5.74. The van der Waals surface area contributed by atoms with Gasteiger partial charge in [0.15, 0.2) is 0 Å². The Morgan fingerprint density at radius 2 is 2.10 bits per heavy atom. The normalized spacial score (nSPS) is 13.1. The molecule has 0 fully saturated rings. The molecule has 1 N–H and O–H groups in total. The Hall–Kier alpha value is -2.00. The van der Waals surface area contributed by atoms with Crippen LogP contribution in [0.1, 0.15) is 11.1 Å². The second-order valence-electron chi connectivity index (χ2n) is 5.31. The molecular weight excluding hydrogens is 284 g/mol. The van der Waals surface area contributed by atoms with Crippen molar-refractivity contribution < 1.29 is 4.79 Å². The lowest BCUT2D eigenvalue weighted by Gasteiger charge is -2.19. The summed E-state index contributed by atoms with van der Waals surface area (Å²) in [5.41, 5.74) is 4.26. The van der Waals surface area contributed by atoms with Crippen molar-refractivity contribution in [2.75, 3.05) is 23.3 Å². The first kappa shape index (κ1) is 14.0. The number of aryl methyl sites for hydroxylation is 1. The fourth-order valence-electron chi connectivity index (χ4n) is 2.66. The van der Waals surface area contributed by atoms with Crippen molar-refractivity contribution >= 4 is 28.9 Å². The summed E-state index contributed by atoms with van der Waals surface area (Å²) < 4.78 is 0. The van der Waals surface area contributed by atoms with E-state index in [0.29, 0.717) is 11.6 Å². The molecule has 0 unspecified atom stereocenters. The number of hydrogen-bond donors (Lipinski definition) is 1. The Kier molecular flexibility index (Phi) is 3.84. The van der Waals surface area contributed by atoms with E-state index in [4.69, 9.17) is 11.6 Å². The molecule has 0 saturated carbocycles. The number of nitrogens with one attached hydrogen (secondary N) is 1. The molecule has 0 atom stereocenters. The van der Waals surface area contributed by atoms with Crippen LogP contribution in [0.4, 0.5) is 11.4 Å². The van der Waals surface area contributed by atoms with Crippen molar-refractivity contribution in [3.05, 3.63) is 58.6 Å². The molecule has 1 aliphatic rings. The van der Waals surface area contributed by atoms with Gasteiger partial charge in [-0.05, 0) is 42.7 Å². The molecule has 3 nitrogen and oxygen atoms in total. The fraction of sp³-hybridized carbons (Fsp3) is 0.235. The lowest BCUT2D eigenvalue weighted by atomic mass is 10.2. The maximum absolute atomic E-state index is 12.2. The predicted octanol–water partition coefficient (Wildman–Crippen LogP) is 3.65. The van der Waals surface area contributed by atoms with E-state index in [1.54, 1.807) is 6.07 Å². The van der Waals surface area contributed by atoms with Gasteiger partial charge >= 0.3 is 0 Å². The summed E-state index contributed by atoms with van der Waals surface area (Å²) in [7, 11) is 0. The van der Waals surface area contributed by atoms with E-state index in [-0.39, 0.29) is 5.91 Å². The van der Waals surface area contributed by atoms with Gasteiger partial charge in [0.2, 0.25) is 5.91 Å². The van der Waals surface area contributed by atoms with Crippen LogP contribution in [0.25, 0.3) is 0 Å². The molecule has 2 aromatic rings.